The topological polar surface area (TPSA) is 12.9 Å². The van der Waals surface area contributed by atoms with E-state index in [-0.39, 0.29) is 0 Å². The van der Waals surface area contributed by atoms with E-state index in [2.05, 4.69) is 36.8 Å². The van der Waals surface area contributed by atoms with E-state index < -0.39 is 11.7 Å². The molecule has 0 saturated carbocycles. The van der Waals surface area contributed by atoms with Gasteiger partial charge in [0.25, 0.3) is 0 Å². The quantitative estimate of drug-likeness (QED) is 0.631. The fourth-order valence-corrected chi connectivity index (χ4v) is 2.40. The highest BCUT2D eigenvalue weighted by Crippen LogP contribution is 2.36. The maximum atomic E-state index is 12.6. The van der Waals surface area contributed by atoms with Crippen LogP contribution in [0.2, 0.25) is 0 Å². The van der Waals surface area contributed by atoms with Crippen LogP contribution >= 0.6 is 31.9 Å². The monoisotopic (exact) mass is 367 g/mol. The van der Waals surface area contributed by atoms with Crippen LogP contribution in [0.25, 0.3) is 10.9 Å². The summed E-state index contributed by atoms with van der Waals surface area (Å²) in [5, 5.41) is 0.442. The summed E-state index contributed by atoms with van der Waals surface area (Å²) in [6, 6.07) is 3.51. The van der Waals surface area contributed by atoms with E-state index in [1.807, 2.05) is 0 Å². The highest BCUT2D eigenvalue weighted by atomic mass is 79.9. The number of nitrogens with zero attached hydrogens (tertiary/aromatic N) is 1. The fourth-order valence-electron chi connectivity index (χ4n) is 1.49. The van der Waals surface area contributed by atoms with Gasteiger partial charge in [0.15, 0.2) is 0 Å². The molecule has 6 heteroatoms. The molecule has 0 unspecified atom stereocenters. The van der Waals surface area contributed by atoms with Crippen molar-refractivity contribution >= 4 is 42.8 Å². The largest absolute Gasteiger partial charge is 0.416 e. The fraction of sp³-hybridized carbons (Fsp3) is 0.182. The van der Waals surface area contributed by atoms with Gasteiger partial charge in [-0.3, -0.25) is 4.98 Å². The van der Waals surface area contributed by atoms with Crippen LogP contribution in [-0.2, 0) is 6.18 Å². The van der Waals surface area contributed by atoms with E-state index >= 15 is 0 Å². The lowest BCUT2D eigenvalue weighted by molar-refractivity contribution is -0.137. The normalized spacial score (nSPS) is 12.1. The van der Waals surface area contributed by atoms with Gasteiger partial charge < -0.3 is 0 Å². The van der Waals surface area contributed by atoms with Crippen molar-refractivity contribution in [3.05, 3.63) is 38.4 Å². The summed E-state index contributed by atoms with van der Waals surface area (Å²) in [6.07, 6.45) is -4.34. The minimum absolute atomic E-state index is 0.442. The van der Waals surface area contributed by atoms with E-state index in [0.29, 0.717) is 19.8 Å². The first-order chi connectivity index (χ1) is 7.80. The number of rotatable bonds is 0. The molecular formula is C11H6Br2F3N. The van der Waals surface area contributed by atoms with Crippen molar-refractivity contribution in [2.24, 2.45) is 0 Å². The number of hydrogen-bond acceptors (Lipinski definition) is 1. The second kappa shape index (κ2) is 4.24. The maximum absolute atomic E-state index is 12.6. The zero-order chi connectivity index (χ0) is 12.8. The Kier molecular flexibility index (Phi) is 3.20. The van der Waals surface area contributed by atoms with Crippen LogP contribution in [0, 0.1) is 6.92 Å². The van der Waals surface area contributed by atoms with Gasteiger partial charge in [0.1, 0.15) is 0 Å². The van der Waals surface area contributed by atoms with E-state index in [1.54, 1.807) is 6.92 Å². The number of fused-ring (bicyclic) bond motifs is 1. The third-order valence-electron chi connectivity index (χ3n) is 2.36. The Hall–Kier alpha value is -0.620. The van der Waals surface area contributed by atoms with Gasteiger partial charge in [-0.15, -0.1) is 0 Å². The summed E-state index contributed by atoms with van der Waals surface area (Å²) in [7, 11) is 0. The number of halogens is 5. The van der Waals surface area contributed by atoms with Gasteiger partial charge in [-0.25, -0.2) is 0 Å². The van der Waals surface area contributed by atoms with Crippen LogP contribution in [0.15, 0.2) is 27.1 Å². The number of benzene rings is 1. The van der Waals surface area contributed by atoms with Crippen LogP contribution < -0.4 is 0 Å². The first-order valence-electron chi connectivity index (χ1n) is 4.63. The first kappa shape index (κ1) is 12.8. The molecule has 2 rings (SSSR count). The van der Waals surface area contributed by atoms with Gasteiger partial charge >= 0.3 is 6.18 Å². The van der Waals surface area contributed by atoms with Gasteiger partial charge in [-0.2, -0.15) is 13.2 Å². The van der Waals surface area contributed by atoms with Crippen LogP contribution in [0.3, 0.4) is 0 Å². The number of aromatic nitrogens is 1. The number of aryl methyl sites for hydroxylation is 1. The lowest BCUT2D eigenvalue weighted by Crippen LogP contribution is -2.04. The zero-order valence-corrected chi connectivity index (χ0v) is 11.7. The first-order valence-corrected chi connectivity index (χ1v) is 6.22. The Morgan fingerprint density at radius 3 is 2.35 bits per heavy atom. The molecule has 0 amide bonds. The summed E-state index contributed by atoms with van der Waals surface area (Å²) in [4.78, 5) is 4.21. The van der Waals surface area contributed by atoms with Crippen molar-refractivity contribution in [1.29, 1.82) is 0 Å². The summed E-state index contributed by atoms with van der Waals surface area (Å²) in [5.41, 5.74) is 0.581. The van der Waals surface area contributed by atoms with Gasteiger partial charge in [0.05, 0.1) is 21.2 Å². The standard InChI is InChI=1S/C11H6Br2F3N/c1-5-9(12)10(13)7-4-6(11(14,15)16)2-3-8(7)17-5/h2-4H,1H3. The van der Waals surface area contributed by atoms with Crippen LogP contribution in [0.5, 0.6) is 0 Å². The maximum Gasteiger partial charge on any atom is 0.416 e. The summed E-state index contributed by atoms with van der Waals surface area (Å²) in [6.45, 7) is 1.78. The molecule has 0 aliphatic rings. The van der Waals surface area contributed by atoms with Gasteiger partial charge in [0, 0.05) is 9.86 Å². The van der Waals surface area contributed by atoms with Crippen molar-refractivity contribution in [2.45, 2.75) is 13.1 Å². The predicted molar refractivity (Wildman–Crippen MR) is 66.9 cm³/mol. The van der Waals surface area contributed by atoms with Crippen LogP contribution in [0.1, 0.15) is 11.3 Å². The van der Waals surface area contributed by atoms with Crippen molar-refractivity contribution in [2.75, 3.05) is 0 Å². The van der Waals surface area contributed by atoms with Crippen molar-refractivity contribution in [3.63, 3.8) is 0 Å². The van der Waals surface area contributed by atoms with E-state index in [9.17, 15) is 13.2 Å². The van der Waals surface area contributed by atoms with E-state index in [0.717, 1.165) is 17.8 Å². The Morgan fingerprint density at radius 1 is 1.12 bits per heavy atom. The Bertz CT molecular complexity index is 593. The molecule has 0 radical (unpaired) electrons. The third kappa shape index (κ3) is 2.33. The molecule has 0 bridgehead atoms. The average molecular weight is 369 g/mol. The highest BCUT2D eigenvalue weighted by Gasteiger charge is 2.30. The van der Waals surface area contributed by atoms with Gasteiger partial charge in [-0.1, -0.05) is 0 Å². The molecular weight excluding hydrogens is 363 g/mol. The smallest absolute Gasteiger partial charge is 0.252 e. The number of alkyl halides is 3. The lowest BCUT2D eigenvalue weighted by Gasteiger charge is -2.10. The van der Waals surface area contributed by atoms with E-state index in [1.165, 1.54) is 6.07 Å². The predicted octanol–water partition coefficient (Wildman–Crippen LogP) is 5.09. The summed E-state index contributed by atoms with van der Waals surface area (Å²) >= 11 is 6.56. The Morgan fingerprint density at radius 2 is 1.76 bits per heavy atom. The van der Waals surface area contributed by atoms with Crippen LogP contribution in [-0.4, -0.2) is 4.98 Å². The molecule has 0 aliphatic carbocycles. The molecule has 0 spiro atoms. The van der Waals surface area contributed by atoms with Crippen molar-refractivity contribution in [1.82, 2.24) is 4.98 Å². The summed E-state index contributed by atoms with van der Waals surface area (Å²) < 4.78 is 39.0. The SMILES string of the molecule is Cc1nc2ccc(C(F)(F)F)cc2c(Br)c1Br. The Labute approximate surface area is 112 Å². The lowest BCUT2D eigenvalue weighted by atomic mass is 10.1. The molecule has 0 N–H and O–H groups in total. The molecule has 17 heavy (non-hydrogen) atoms. The molecule has 0 atom stereocenters. The minimum atomic E-state index is -4.34. The molecule has 2 aromatic rings. The third-order valence-corrected chi connectivity index (χ3v) is 4.68. The molecule has 1 aromatic carbocycles. The second-order valence-electron chi connectivity index (χ2n) is 3.55. The minimum Gasteiger partial charge on any atom is -0.252 e. The number of hydrogen-bond donors (Lipinski definition) is 0. The molecule has 1 nitrogen and oxygen atoms in total. The number of pyridine rings is 1. The summed E-state index contributed by atoms with van der Waals surface area (Å²) in [5.74, 6) is 0. The molecule has 90 valence electrons. The molecule has 1 aromatic heterocycles. The van der Waals surface area contributed by atoms with E-state index in [4.69, 9.17) is 0 Å². The average Bonchev–Trinajstić information content (AvgIpc) is 2.24. The van der Waals surface area contributed by atoms with Gasteiger partial charge in [0.2, 0.25) is 0 Å². The molecule has 0 saturated heterocycles. The van der Waals surface area contributed by atoms with Crippen molar-refractivity contribution in [3.8, 4) is 0 Å². The molecule has 1 heterocycles. The molecule has 0 aliphatic heterocycles. The second-order valence-corrected chi connectivity index (χ2v) is 5.14. The van der Waals surface area contributed by atoms with Gasteiger partial charge in [-0.05, 0) is 57.0 Å². The zero-order valence-electron chi connectivity index (χ0n) is 8.57. The highest BCUT2D eigenvalue weighted by molar-refractivity contribution is 9.13. The van der Waals surface area contributed by atoms with Crippen LogP contribution in [0.4, 0.5) is 13.2 Å². The molecule has 0 fully saturated rings. The van der Waals surface area contributed by atoms with Crippen molar-refractivity contribution < 1.29 is 13.2 Å². The Balaban J connectivity index is 2.78.